The number of nitrogens with zero attached hydrogens (tertiary/aromatic N) is 2. The Hall–Kier alpha value is -1.40. The molecule has 1 aliphatic heterocycles. The van der Waals surface area contributed by atoms with Crippen molar-refractivity contribution in [3.8, 4) is 0 Å². The Morgan fingerprint density at radius 1 is 1.16 bits per heavy atom. The number of carbonyl (C=O) groups excluding carboxylic acids is 2. The molecule has 1 heterocycles. The van der Waals surface area contributed by atoms with Crippen LogP contribution >= 0.6 is 23.4 Å². The zero-order valence-electron chi connectivity index (χ0n) is 14.8. The quantitative estimate of drug-likeness (QED) is 0.848. The zero-order valence-corrected chi connectivity index (χ0v) is 16.4. The van der Waals surface area contributed by atoms with E-state index in [4.69, 9.17) is 11.6 Å². The smallest absolute Gasteiger partial charge is 0.317 e. The highest BCUT2D eigenvalue weighted by Gasteiger charge is 2.23. The minimum Gasteiger partial charge on any atom is -0.337 e. The van der Waals surface area contributed by atoms with Crippen LogP contribution in [0, 0.1) is 0 Å². The fraction of sp³-hybridized carbons (Fsp3) is 0.556. The van der Waals surface area contributed by atoms with Crippen LogP contribution in [0.1, 0.15) is 30.1 Å². The SMILES string of the molecule is CCC(CSC)NC(=O)N1CCCN(C(=O)c2ccc(Cl)cc2)CC1. The minimum atomic E-state index is -0.0262. The van der Waals surface area contributed by atoms with Gasteiger partial charge in [0.05, 0.1) is 0 Å². The first-order valence-electron chi connectivity index (χ1n) is 8.64. The molecule has 1 atom stereocenters. The lowest BCUT2D eigenvalue weighted by Crippen LogP contribution is -2.47. The summed E-state index contributed by atoms with van der Waals surface area (Å²) in [5.41, 5.74) is 0.633. The van der Waals surface area contributed by atoms with Gasteiger partial charge >= 0.3 is 6.03 Å². The third-order valence-corrected chi connectivity index (χ3v) is 5.34. The molecule has 1 N–H and O–H groups in total. The van der Waals surface area contributed by atoms with Crippen molar-refractivity contribution in [3.63, 3.8) is 0 Å². The molecular weight excluding hydrogens is 358 g/mol. The van der Waals surface area contributed by atoms with Crippen LogP contribution in [0.4, 0.5) is 4.79 Å². The van der Waals surface area contributed by atoms with Crippen LogP contribution in [-0.4, -0.2) is 66.0 Å². The monoisotopic (exact) mass is 383 g/mol. The van der Waals surface area contributed by atoms with E-state index in [1.807, 2.05) is 16.1 Å². The Labute approximate surface area is 159 Å². The van der Waals surface area contributed by atoms with Gasteiger partial charge in [-0.05, 0) is 43.4 Å². The fourth-order valence-corrected chi connectivity index (χ4v) is 3.67. The molecule has 0 spiro atoms. The second-order valence-electron chi connectivity index (χ2n) is 6.15. The lowest BCUT2D eigenvalue weighted by atomic mass is 10.2. The lowest BCUT2D eigenvalue weighted by molar-refractivity contribution is 0.0762. The van der Waals surface area contributed by atoms with Crippen LogP contribution in [0.5, 0.6) is 0 Å². The van der Waals surface area contributed by atoms with Gasteiger partial charge in [0, 0.05) is 48.6 Å². The molecule has 1 fully saturated rings. The number of carbonyl (C=O) groups is 2. The van der Waals surface area contributed by atoms with Crippen LogP contribution in [0.3, 0.4) is 0 Å². The summed E-state index contributed by atoms with van der Waals surface area (Å²) in [6.07, 6.45) is 3.74. The third-order valence-electron chi connectivity index (χ3n) is 4.35. The van der Waals surface area contributed by atoms with Crippen molar-refractivity contribution in [2.24, 2.45) is 0 Å². The second kappa shape index (κ2) is 9.92. The molecule has 3 amide bonds. The van der Waals surface area contributed by atoms with Gasteiger partial charge in [-0.15, -0.1) is 0 Å². The van der Waals surface area contributed by atoms with Crippen molar-refractivity contribution in [1.29, 1.82) is 0 Å². The van der Waals surface area contributed by atoms with E-state index >= 15 is 0 Å². The van der Waals surface area contributed by atoms with Gasteiger partial charge in [0.25, 0.3) is 5.91 Å². The number of amides is 3. The molecule has 7 heteroatoms. The molecule has 0 radical (unpaired) electrons. The van der Waals surface area contributed by atoms with Gasteiger partial charge < -0.3 is 15.1 Å². The summed E-state index contributed by atoms with van der Waals surface area (Å²) < 4.78 is 0. The van der Waals surface area contributed by atoms with E-state index in [0.29, 0.717) is 36.8 Å². The zero-order chi connectivity index (χ0) is 18.2. The van der Waals surface area contributed by atoms with E-state index < -0.39 is 0 Å². The van der Waals surface area contributed by atoms with Gasteiger partial charge in [-0.2, -0.15) is 11.8 Å². The van der Waals surface area contributed by atoms with Gasteiger partial charge in [-0.3, -0.25) is 4.79 Å². The van der Waals surface area contributed by atoms with Crippen LogP contribution in [0.2, 0.25) is 5.02 Å². The molecule has 1 aromatic rings. The van der Waals surface area contributed by atoms with Gasteiger partial charge in [0.2, 0.25) is 0 Å². The number of benzene rings is 1. The van der Waals surface area contributed by atoms with Crippen molar-refractivity contribution < 1.29 is 9.59 Å². The van der Waals surface area contributed by atoms with E-state index in [0.717, 1.165) is 18.6 Å². The van der Waals surface area contributed by atoms with Crippen LogP contribution in [0.25, 0.3) is 0 Å². The average Bonchev–Trinajstić information content (AvgIpc) is 2.87. The van der Waals surface area contributed by atoms with Crippen molar-refractivity contribution in [2.45, 2.75) is 25.8 Å². The predicted octanol–water partition coefficient (Wildman–Crippen LogP) is 3.34. The summed E-state index contributed by atoms with van der Waals surface area (Å²) in [6, 6.07) is 7.11. The summed E-state index contributed by atoms with van der Waals surface area (Å²) in [4.78, 5) is 28.7. The highest BCUT2D eigenvalue weighted by Crippen LogP contribution is 2.13. The molecule has 2 rings (SSSR count). The van der Waals surface area contributed by atoms with Gasteiger partial charge in [-0.25, -0.2) is 4.79 Å². The summed E-state index contributed by atoms with van der Waals surface area (Å²) in [5.74, 6) is 0.907. The molecule has 5 nitrogen and oxygen atoms in total. The molecule has 0 bridgehead atoms. The molecule has 0 aliphatic carbocycles. The number of urea groups is 1. The molecule has 1 saturated heterocycles. The maximum absolute atomic E-state index is 12.6. The minimum absolute atomic E-state index is 0.00672. The Balaban J connectivity index is 1.91. The van der Waals surface area contributed by atoms with E-state index in [2.05, 4.69) is 12.2 Å². The summed E-state index contributed by atoms with van der Waals surface area (Å²) >= 11 is 7.61. The summed E-state index contributed by atoms with van der Waals surface area (Å²) in [7, 11) is 0. The first-order valence-corrected chi connectivity index (χ1v) is 10.4. The van der Waals surface area contributed by atoms with Crippen LogP contribution in [0.15, 0.2) is 24.3 Å². The van der Waals surface area contributed by atoms with E-state index in [1.165, 1.54) is 0 Å². The van der Waals surface area contributed by atoms with Crippen molar-refractivity contribution in [3.05, 3.63) is 34.9 Å². The van der Waals surface area contributed by atoms with E-state index in [1.54, 1.807) is 36.0 Å². The average molecular weight is 384 g/mol. The maximum atomic E-state index is 12.6. The Bertz CT molecular complexity index is 582. The number of nitrogens with one attached hydrogen (secondary N) is 1. The molecule has 0 aromatic heterocycles. The largest absolute Gasteiger partial charge is 0.337 e. The summed E-state index contributed by atoms with van der Waals surface area (Å²) in [5, 5.41) is 3.71. The van der Waals surface area contributed by atoms with E-state index in [9.17, 15) is 9.59 Å². The molecule has 1 aliphatic rings. The molecule has 25 heavy (non-hydrogen) atoms. The van der Waals surface area contributed by atoms with Crippen molar-refractivity contribution in [1.82, 2.24) is 15.1 Å². The molecular formula is C18H26ClN3O2S. The Kier molecular flexibility index (Phi) is 7.90. The number of thioether (sulfide) groups is 1. The highest BCUT2D eigenvalue weighted by molar-refractivity contribution is 7.98. The molecule has 1 aromatic carbocycles. The predicted molar refractivity (Wildman–Crippen MR) is 105 cm³/mol. The number of rotatable bonds is 5. The third kappa shape index (κ3) is 5.82. The van der Waals surface area contributed by atoms with E-state index in [-0.39, 0.29) is 18.0 Å². The highest BCUT2D eigenvalue weighted by atomic mass is 35.5. The fourth-order valence-electron chi connectivity index (χ4n) is 2.83. The van der Waals surface area contributed by atoms with Gasteiger partial charge in [0.15, 0.2) is 0 Å². The summed E-state index contributed by atoms with van der Waals surface area (Å²) in [6.45, 7) is 4.52. The van der Waals surface area contributed by atoms with Gasteiger partial charge in [-0.1, -0.05) is 18.5 Å². The normalized spacial score (nSPS) is 16.3. The Morgan fingerprint density at radius 3 is 2.44 bits per heavy atom. The van der Waals surface area contributed by atoms with Crippen LogP contribution < -0.4 is 5.32 Å². The van der Waals surface area contributed by atoms with Crippen LogP contribution in [-0.2, 0) is 0 Å². The lowest BCUT2D eigenvalue weighted by Gasteiger charge is -2.25. The number of halogens is 1. The maximum Gasteiger partial charge on any atom is 0.317 e. The van der Waals surface area contributed by atoms with Crippen molar-refractivity contribution in [2.75, 3.05) is 38.2 Å². The number of hydrogen-bond donors (Lipinski definition) is 1. The first-order chi connectivity index (χ1) is 12.0. The molecule has 1 unspecified atom stereocenters. The van der Waals surface area contributed by atoms with Gasteiger partial charge in [0.1, 0.15) is 0 Å². The standard InChI is InChI=1S/C18H26ClN3O2S/c1-3-16(13-25-2)20-18(24)22-10-4-9-21(11-12-22)17(23)14-5-7-15(19)8-6-14/h5-8,16H,3-4,9-13H2,1-2H3,(H,20,24). The molecule has 0 saturated carbocycles. The second-order valence-corrected chi connectivity index (χ2v) is 7.50. The number of hydrogen-bond acceptors (Lipinski definition) is 3. The topological polar surface area (TPSA) is 52.7 Å². The van der Waals surface area contributed by atoms with Crippen molar-refractivity contribution >= 4 is 35.3 Å². The first kappa shape index (κ1) is 19.9. The Morgan fingerprint density at radius 2 is 1.80 bits per heavy atom. The molecule has 138 valence electrons.